The number of nitrogens with one attached hydrogen (secondary N) is 1. The SMILES string of the molecule is Cc1cccnc1CNC1CCN(C)C1=O. The Morgan fingerprint density at radius 1 is 1.62 bits per heavy atom. The third-order valence-corrected chi connectivity index (χ3v) is 3.06. The van der Waals surface area contributed by atoms with Crippen molar-refractivity contribution in [3.63, 3.8) is 0 Å². The van der Waals surface area contributed by atoms with Gasteiger partial charge in [-0.25, -0.2) is 0 Å². The average molecular weight is 219 g/mol. The summed E-state index contributed by atoms with van der Waals surface area (Å²) in [4.78, 5) is 17.7. The van der Waals surface area contributed by atoms with Crippen molar-refractivity contribution >= 4 is 5.91 Å². The van der Waals surface area contributed by atoms with Crippen LogP contribution in [-0.2, 0) is 11.3 Å². The zero-order valence-electron chi connectivity index (χ0n) is 9.73. The molecule has 0 aromatic carbocycles. The number of carbonyl (C=O) groups is 1. The smallest absolute Gasteiger partial charge is 0.239 e. The molecule has 1 aromatic rings. The number of rotatable bonds is 3. The molecule has 0 bridgehead atoms. The molecule has 1 N–H and O–H groups in total. The van der Waals surface area contributed by atoms with Crippen molar-refractivity contribution in [3.8, 4) is 0 Å². The number of hydrogen-bond donors (Lipinski definition) is 1. The third-order valence-electron chi connectivity index (χ3n) is 3.06. The average Bonchev–Trinajstić information content (AvgIpc) is 2.59. The summed E-state index contributed by atoms with van der Waals surface area (Å²) in [5, 5.41) is 3.27. The normalized spacial score (nSPS) is 20.5. The number of carbonyl (C=O) groups excluding carboxylic acids is 1. The summed E-state index contributed by atoms with van der Waals surface area (Å²) in [5.74, 6) is 0.189. The lowest BCUT2D eigenvalue weighted by atomic mass is 10.2. The summed E-state index contributed by atoms with van der Waals surface area (Å²) < 4.78 is 0. The summed E-state index contributed by atoms with van der Waals surface area (Å²) in [6.07, 6.45) is 2.67. The van der Waals surface area contributed by atoms with Crippen molar-refractivity contribution in [1.82, 2.24) is 15.2 Å². The van der Waals surface area contributed by atoms with E-state index in [-0.39, 0.29) is 11.9 Å². The topological polar surface area (TPSA) is 45.2 Å². The fraction of sp³-hybridized carbons (Fsp3) is 0.500. The zero-order chi connectivity index (χ0) is 11.5. The van der Waals surface area contributed by atoms with Crippen LogP contribution in [0.5, 0.6) is 0 Å². The summed E-state index contributed by atoms with van der Waals surface area (Å²) >= 11 is 0. The fourth-order valence-electron chi connectivity index (χ4n) is 1.94. The minimum absolute atomic E-state index is 0.0357. The van der Waals surface area contributed by atoms with E-state index in [2.05, 4.69) is 10.3 Å². The van der Waals surface area contributed by atoms with Crippen molar-refractivity contribution in [1.29, 1.82) is 0 Å². The van der Waals surface area contributed by atoms with Gasteiger partial charge in [-0.3, -0.25) is 9.78 Å². The first-order valence-corrected chi connectivity index (χ1v) is 5.57. The molecule has 1 aliphatic heterocycles. The van der Waals surface area contributed by atoms with Crippen LogP contribution in [0.25, 0.3) is 0 Å². The number of likely N-dealkylation sites (N-methyl/N-ethyl adjacent to an activating group) is 1. The van der Waals surface area contributed by atoms with Gasteiger partial charge in [0.2, 0.25) is 5.91 Å². The van der Waals surface area contributed by atoms with Crippen LogP contribution in [0.3, 0.4) is 0 Å². The second-order valence-electron chi connectivity index (χ2n) is 4.25. The van der Waals surface area contributed by atoms with Gasteiger partial charge in [0, 0.05) is 26.3 Å². The third kappa shape index (κ3) is 2.22. The highest BCUT2D eigenvalue weighted by molar-refractivity contribution is 5.83. The molecule has 4 nitrogen and oxygen atoms in total. The molecule has 86 valence electrons. The molecule has 1 fully saturated rings. The molecule has 16 heavy (non-hydrogen) atoms. The summed E-state index contributed by atoms with van der Waals surface area (Å²) in [6.45, 7) is 3.54. The zero-order valence-corrected chi connectivity index (χ0v) is 9.73. The van der Waals surface area contributed by atoms with Crippen molar-refractivity contribution in [3.05, 3.63) is 29.6 Å². The van der Waals surface area contributed by atoms with Gasteiger partial charge < -0.3 is 10.2 Å². The second kappa shape index (κ2) is 4.61. The molecule has 0 spiro atoms. The van der Waals surface area contributed by atoms with Crippen molar-refractivity contribution in [2.75, 3.05) is 13.6 Å². The molecule has 1 aliphatic rings. The van der Waals surface area contributed by atoms with Crippen LogP contribution in [-0.4, -0.2) is 35.4 Å². The summed E-state index contributed by atoms with van der Waals surface area (Å²) in [7, 11) is 1.84. The molecule has 1 aromatic heterocycles. The van der Waals surface area contributed by atoms with Crippen LogP contribution in [0.2, 0.25) is 0 Å². The van der Waals surface area contributed by atoms with E-state index in [1.165, 1.54) is 0 Å². The molecule has 2 rings (SSSR count). The van der Waals surface area contributed by atoms with Crippen LogP contribution in [0.1, 0.15) is 17.7 Å². The minimum atomic E-state index is -0.0357. The Kier molecular flexibility index (Phi) is 3.19. The van der Waals surface area contributed by atoms with E-state index in [9.17, 15) is 4.79 Å². The lowest BCUT2D eigenvalue weighted by Crippen LogP contribution is -2.36. The van der Waals surface area contributed by atoms with Crippen LogP contribution in [0.4, 0.5) is 0 Å². The van der Waals surface area contributed by atoms with E-state index in [0.29, 0.717) is 6.54 Å². The molecular formula is C12H17N3O. The molecule has 1 amide bonds. The number of hydrogen-bond acceptors (Lipinski definition) is 3. The van der Waals surface area contributed by atoms with Gasteiger partial charge in [-0.1, -0.05) is 6.07 Å². The number of amides is 1. The van der Waals surface area contributed by atoms with Crippen LogP contribution in [0.15, 0.2) is 18.3 Å². The quantitative estimate of drug-likeness (QED) is 0.814. The van der Waals surface area contributed by atoms with Gasteiger partial charge >= 0.3 is 0 Å². The number of pyridine rings is 1. The van der Waals surface area contributed by atoms with Gasteiger partial charge in [0.1, 0.15) is 0 Å². The van der Waals surface area contributed by atoms with Crippen LogP contribution >= 0.6 is 0 Å². The predicted octanol–water partition coefficient (Wildman–Crippen LogP) is 0.710. The Morgan fingerprint density at radius 2 is 2.44 bits per heavy atom. The van der Waals surface area contributed by atoms with E-state index in [1.807, 2.05) is 26.1 Å². The van der Waals surface area contributed by atoms with Crippen LogP contribution in [0, 0.1) is 6.92 Å². The highest BCUT2D eigenvalue weighted by Gasteiger charge is 2.28. The van der Waals surface area contributed by atoms with Gasteiger partial charge in [0.05, 0.1) is 11.7 Å². The minimum Gasteiger partial charge on any atom is -0.344 e. The van der Waals surface area contributed by atoms with Gasteiger partial charge in [0.15, 0.2) is 0 Å². The number of aryl methyl sites for hydroxylation is 1. The van der Waals surface area contributed by atoms with E-state index in [1.54, 1.807) is 11.1 Å². The molecule has 2 heterocycles. The molecule has 1 atom stereocenters. The maximum Gasteiger partial charge on any atom is 0.239 e. The van der Waals surface area contributed by atoms with Gasteiger partial charge in [-0.15, -0.1) is 0 Å². The van der Waals surface area contributed by atoms with E-state index in [4.69, 9.17) is 0 Å². The molecule has 0 aliphatic carbocycles. The Balaban J connectivity index is 1.93. The van der Waals surface area contributed by atoms with Crippen molar-refractivity contribution in [2.24, 2.45) is 0 Å². The molecule has 4 heteroatoms. The molecular weight excluding hydrogens is 202 g/mol. The van der Waals surface area contributed by atoms with Crippen molar-refractivity contribution in [2.45, 2.75) is 25.9 Å². The largest absolute Gasteiger partial charge is 0.344 e. The number of aromatic nitrogens is 1. The molecule has 0 saturated carbocycles. The van der Waals surface area contributed by atoms with E-state index < -0.39 is 0 Å². The Hall–Kier alpha value is -1.42. The molecule has 0 radical (unpaired) electrons. The van der Waals surface area contributed by atoms with E-state index >= 15 is 0 Å². The van der Waals surface area contributed by atoms with Gasteiger partial charge in [0.25, 0.3) is 0 Å². The predicted molar refractivity (Wildman–Crippen MR) is 61.9 cm³/mol. The van der Waals surface area contributed by atoms with Crippen LogP contribution < -0.4 is 5.32 Å². The highest BCUT2D eigenvalue weighted by atomic mass is 16.2. The van der Waals surface area contributed by atoms with Crippen molar-refractivity contribution < 1.29 is 4.79 Å². The number of likely N-dealkylation sites (tertiary alicyclic amines) is 1. The first kappa shape index (κ1) is 11.1. The van der Waals surface area contributed by atoms with Gasteiger partial charge in [-0.05, 0) is 25.0 Å². The van der Waals surface area contributed by atoms with Gasteiger partial charge in [-0.2, -0.15) is 0 Å². The standard InChI is InChI=1S/C12H17N3O/c1-9-4-3-6-13-11(9)8-14-10-5-7-15(2)12(10)16/h3-4,6,10,14H,5,7-8H2,1-2H3. The Bertz CT molecular complexity index is 392. The maximum atomic E-state index is 11.7. The second-order valence-corrected chi connectivity index (χ2v) is 4.25. The first-order chi connectivity index (χ1) is 7.68. The Labute approximate surface area is 95.7 Å². The molecule has 1 saturated heterocycles. The lowest BCUT2D eigenvalue weighted by Gasteiger charge is -2.12. The Morgan fingerprint density at radius 3 is 3.06 bits per heavy atom. The lowest BCUT2D eigenvalue weighted by molar-refractivity contribution is -0.128. The first-order valence-electron chi connectivity index (χ1n) is 5.57. The maximum absolute atomic E-state index is 11.7. The summed E-state index contributed by atoms with van der Waals surface area (Å²) in [5.41, 5.74) is 2.18. The van der Waals surface area contributed by atoms with E-state index in [0.717, 1.165) is 24.2 Å². The fourth-order valence-corrected chi connectivity index (χ4v) is 1.94. The summed E-state index contributed by atoms with van der Waals surface area (Å²) in [6, 6.07) is 3.92. The molecule has 1 unspecified atom stereocenters. The number of nitrogens with zero attached hydrogens (tertiary/aromatic N) is 2. The highest BCUT2D eigenvalue weighted by Crippen LogP contribution is 2.10. The monoisotopic (exact) mass is 219 g/mol.